The highest BCUT2D eigenvalue weighted by Gasteiger charge is 2.21. The molecule has 0 saturated heterocycles. The van der Waals surface area contributed by atoms with Gasteiger partial charge in [0.1, 0.15) is 5.82 Å². The fraction of sp³-hybridized carbons (Fsp3) is 0.222. The standard InChI is InChI=1S/C9H9ClFNO5S/c10-8-6(9(14)15)3-5(4-7(8)11)18(16,17)12-1-2-13/h3-4,12-13H,1-2H2,(H,14,15). The van der Waals surface area contributed by atoms with E-state index in [1.807, 2.05) is 4.72 Å². The van der Waals surface area contributed by atoms with E-state index in [0.29, 0.717) is 6.07 Å². The second-order valence-corrected chi connectivity index (χ2v) is 5.34. The van der Waals surface area contributed by atoms with Crippen LogP contribution in [0.5, 0.6) is 0 Å². The maximum atomic E-state index is 13.3. The van der Waals surface area contributed by atoms with Crippen molar-refractivity contribution in [3.63, 3.8) is 0 Å². The zero-order valence-corrected chi connectivity index (χ0v) is 10.4. The van der Waals surface area contributed by atoms with Crippen LogP contribution in [-0.2, 0) is 10.0 Å². The molecule has 0 amide bonds. The van der Waals surface area contributed by atoms with Gasteiger partial charge in [0.2, 0.25) is 10.0 Å². The van der Waals surface area contributed by atoms with Gasteiger partial charge in [-0.15, -0.1) is 0 Å². The first-order chi connectivity index (χ1) is 8.29. The highest BCUT2D eigenvalue weighted by atomic mass is 35.5. The van der Waals surface area contributed by atoms with E-state index in [1.54, 1.807) is 0 Å². The van der Waals surface area contributed by atoms with Crippen LogP contribution in [0.3, 0.4) is 0 Å². The number of carbonyl (C=O) groups is 1. The number of benzene rings is 1. The monoisotopic (exact) mass is 297 g/mol. The minimum absolute atomic E-state index is 0.269. The Morgan fingerprint density at radius 2 is 2.06 bits per heavy atom. The topological polar surface area (TPSA) is 104 Å². The van der Waals surface area contributed by atoms with Gasteiger partial charge in [0, 0.05) is 6.54 Å². The van der Waals surface area contributed by atoms with E-state index in [2.05, 4.69) is 0 Å². The number of hydrogen-bond donors (Lipinski definition) is 3. The van der Waals surface area contributed by atoms with Crippen molar-refractivity contribution in [2.45, 2.75) is 4.90 Å². The average molecular weight is 298 g/mol. The lowest BCUT2D eigenvalue weighted by Crippen LogP contribution is -2.27. The van der Waals surface area contributed by atoms with Crippen LogP contribution in [0.25, 0.3) is 0 Å². The first-order valence-corrected chi connectivity index (χ1v) is 6.48. The fourth-order valence-electron chi connectivity index (χ4n) is 1.14. The molecule has 100 valence electrons. The quantitative estimate of drug-likeness (QED) is 0.732. The molecule has 0 aliphatic carbocycles. The number of aromatic carboxylic acids is 1. The van der Waals surface area contributed by atoms with Crippen LogP contribution < -0.4 is 4.72 Å². The third kappa shape index (κ3) is 3.16. The SMILES string of the molecule is O=C(O)c1cc(S(=O)(=O)NCCO)cc(F)c1Cl. The van der Waals surface area contributed by atoms with Crippen molar-refractivity contribution >= 4 is 27.6 Å². The molecule has 0 fully saturated rings. The summed E-state index contributed by atoms with van der Waals surface area (Å²) in [5.74, 6) is -2.70. The highest BCUT2D eigenvalue weighted by molar-refractivity contribution is 7.89. The summed E-state index contributed by atoms with van der Waals surface area (Å²) in [6, 6.07) is 1.35. The largest absolute Gasteiger partial charge is 0.478 e. The molecule has 1 aromatic carbocycles. The molecule has 1 aromatic rings. The summed E-state index contributed by atoms with van der Waals surface area (Å²) in [7, 11) is -4.09. The Bertz CT molecular complexity index is 575. The predicted octanol–water partition coefficient (Wildman–Crippen LogP) is 0.448. The summed E-state index contributed by atoms with van der Waals surface area (Å²) in [6.45, 7) is -0.712. The van der Waals surface area contributed by atoms with Gasteiger partial charge in [-0.25, -0.2) is 22.3 Å². The number of rotatable bonds is 5. The van der Waals surface area contributed by atoms with Gasteiger partial charge in [-0.3, -0.25) is 0 Å². The first-order valence-electron chi connectivity index (χ1n) is 4.62. The normalized spacial score (nSPS) is 11.5. The van der Waals surface area contributed by atoms with E-state index in [9.17, 15) is 17.6 Å². The number of halogens is 2. The lowest BCUT2D eigenvalue weighted by molar-refractivity contribution is 0.0696. The van der Waals surface area contributed by atoms with Gasteiger partial charge in [0.05, 0.1) is 22.1 Å². The van der Waals surface area contributed by atoms with Crippen molar-refractivity contribution in [1.29, 1.82) is 0 Å². The van der Waals surface area contributed by atoms with Crippen molar-refractivity contribution < 1.29 is 27.8 Å². The maximum Gasteiger partial charge on any atom is 0.337 e. The van der Waals surface area contributed by atoms with E-state index < -0.39 is 43.9 Å². The summed E-state index contributed by atoms with van der Waals surface area (Å²) in [4.78, 5) is 10.2. The highest BCUT2D eigenvalue weighted by Crippen LogP contribution is 2.24. The van der Waals surface area contributed by atoms with Crippen LogP contribution in [0, 0.1) is 5.82 Å². The second-order valence-electron chi connectivity index (χ2n) is 3.19. The van der Waals surface area contributed by atoms with Crippen molar-refractivity contribution in [1.82, 2.24) is 4.72 Å². The van der Waals surface area contributed by atoms with Gasteiger partial charge in [-0.2, -0.15) is 0 Å². The first kappa shape index (κ1) is 14.8. The maximum absolute atomic E-state index is 13.3. The molecule has 18 heavy (non-hydrogen) atoms. The van der Waals surface area contributed by atoms with Crippen LogP contribution in [0.4, 0.5) is 4.39 Å². The van der Waals surface area contributed by atoms with Crippen molar-refractivity contribution in [3.05, 3.63) is 28.5 Å². The Morgan fingerprint density at radius 1 is 1.44 bits per heavy atom. The zero-order chi connectivity index (χ0) is 13.9. The zero-order valence-electron chi connectivity index (χ0n) is 8.85. The molecule has 3 N–H and O–H groups in total. The third-order valence-corrected chi connectivity index (χ3v) is 3.77. The predicted molar refractivity (Wildman–Crippen MR) is 60.6 cm³/mol. The number of aliphatic hydroxyl groups excluding tert-OH is 1. The summed E-state index contributed by atoms with van der Waals surface area (Å²) in [6.07, 6.45) is 0. The third-order valence-electron chi connectivity index (χ3n) is 1.95. The molecule has 0 bridgehead atoms. The van der Waals surface area contributed by atoms with Gasteiger partial charge < -0.3 is 10.2 Å². The van der Waals surface area contributed by atoms with Gasteiger partial charge in [0.15, 0.2) is 0 Å². The number of hydrogen-bond acceptors (Lipinski definition) is 4. The molecule has 6 nitrogen and oxygen atoms in total. The Labute approximate surface area is 107 Å². The molecule has 0 spiro atoms. The van der Waals surface area contributed by atoms with E-state index in [4.69, 9.17) is 21.8 Å². The number of carboxylic acid groups (broad SMARTS) is 1. The molecule has 0 aliphatic heterocycles. The van der Waals surface area contributed by atoms with E-state index in [-0.39, 0.29) is 6.54 Å². The van der Waals surface area contributed by atoms with Gasteiger partial charge >= 0.3 is 5.97 Å². The molecule has 0 radical (unpaired) electrons. The number of carboxylic acids is 1. The molecular formula is C9H9ClFNO5S. The molecule has 0 saturated carbocycles. The Kier molecular flexibility index (Phi) is 4.63. The smallest absolute Gasteiger partial charge is 0.337 e. The van der Waals surface area contributed by atoms with E-state index in [0.717, 1.165) is 6.07 Å². The lowest BCUT2D eigenvalue weighted by Gasteiger charge is -2.08. The van der Waals surface area contributed by atoms with Crippen molar-refractivity contribution in [3.8, 4) is 0 Å². The van der Waals surface area contributed by atoms with E-state index >= 15 is 0 Å². The van der Waals surface area contributed by atoms with Gasteiger partial charge in [0.25, 0.3) is 0 Å². The number of sulfonamides is 1. The van der Waals surface area contributed by atoms with Crippen LogP contribution in [0.2, 0.25) is 5.02 Å². The Hall–Kier alpha value is -1.22. The number of nitrogens with one attached hydrogen (secondary N) is 1. The summed E-state index contributed by atoms with van der Waals surface area (Å²) >= 11 is 5.40. The minimum atomic E-state index is -4.09. The summed E-state index contributed by atoms with van der Waals surface area (Å²) in [5.41, 5.74) is -0.652. The van der Waals surface area contributed by atoms with Crippen LogP contribution in [0.1, 0.15) is 10.4 Å². The molecule has 9 heteroatoms. The molecule has 0 heterocycles. The van der Waals surface area contributed by atoms with Gasteiger partial charge in [-0.05, 0) is 12.1 Å². The van der Waals surface area contributed by atoms with E-state index in [1.165, 1.54) is 0 Å². The Morgan fingerprint density at radius 3 is 2.56 bits per heavy atom. The van der Waals surface area contributed by atoms with Crippen LogP contribution >= 0.6 is 11.6 Å². The second kappa shape index (κ2) is 5.61. The molecule has 0 aliphatic rings. The van der Waals surface area contributed by atoms with Crippen molar-refractivity contribution in [2.75, 3.05) is 13.2 Å². The van der Waals surface area contributed by atoms with Crippen LogP contribution in [0.15, 0.2) is 17.0 Å². The molecule has 0 unspecified atom stereocenters. The molecule has 1 rings (SSSR count). The van der Waals surface area contributed by atoms with Crippen molar-refractivity contribution in [2.24, 2.45) is 0 Å². The minimum Gasteiger partial charge on any atom is -0.478 e. The Balaban J connectivity index is 3.31. The summed E-state index contributed by atoms with van der Waals surface area (Å²) in [5, 5.41) is 16.6. The molecule has 0 aromatic heterocycles. The molecule has 0 atom stereocenters. The molecular weight excluding hydrogens is 289 g/mol. The summed E-state index contributed by atoms with van der Waals surface area (Å²) < 4.78 is 38.5. The lowest BCUT2D eigenvalue weighted by atomic mass is 10.2. The average Bonchev–Trinajstić information content (AvgIpc) is 2.29. The number of aliphatic hydroxyl groups is 1. The van der Waals surface area contributed by atoms with Gasteiger partial charge in [-0.1, -0.05) is 11.6 Å². The van der Waals surface area contributed by atoms with Crippen LogP contribution in [-0.4, -0.2) is 37.8 Å². The fourth-order valence-corrected chi connectivity index (χ4v) is 2.39.